The van der Waals surface area contributed by atoms with E-state index in [1.165, 1.54) is 12.8 Å². The van der Waals surface area contributed by atoms with Crippen molar-refractivity contribution >= 4 is 17.7 Å². The largest absolute Gasteiger partial charge is 0.381 e. The lowest BCUT2D eigenvalue weighted by atomic mass is 9.87. The van der Waals surface area contributed by atoms with Gasteiger partial charge in [-0.3, -0.25) is 4.99 Å². The molecule has 0 aliphatic carbocycles. The van der Waals surface area contributed by atoms with E-state index in [1.54, 1.807) is 0 Å². The SMILES string of the molecule is CCNC(=NCC1(SC)CCOCC1)N1CCC(C)(CC)C1. The lowest BCUT2D eigenvalue weighted by molar-refractivity contribution is 0.0793. The molecule has 2 heterocycles. The van der Waals surface area contributed by atoms with Gasteiger partial charge in [0.05, 0.1) is 6.54 Å². The lowest BCUT2D eigenvalue weighted by Gasteiger charge is -2.35. The van der Waals surface area contributed by atoms with Gasteiger partial charge in [-0.1, -0.05) is 13.8 Å². The smallest absolute Gasteiger partial charge is 0.193 e. The van der Waals surface area contributed by atoms with Gasteiger partial charge in [0.25, 0.3) is 0 Å². The maximum absolute atomic E-state index is 5.53. The number of nitrogens with zero attached hydrogens (tertiary/aromatic N) is 2. The molecule has 0 bridgehead atoms. The summed E-state index contributed by atoms with van der Waals surface area (Å²) >= 11 is 1.97. The summed E-state index contributed by atoms with van der Waals surface area (Å²) < 4.78 is 5.81. The second kappa shape index (κ2) is 7.91. The Balaban J connectivity index is 2.04. The Morgan fingerprint density at radius 3 is 2.55 bits per heavy atom. The molecule has 1 N–H and O–H groups in total. The Bertz CT molecular complexity index is 382. The summed E-state index contributed by atoms with van der Waals surface area (Å²) in [4.78, 5) is 7.48. The number of hydrogen-bond acceptors (Lipinski definition) is 3. The third-order valence-electron chi connectivity index (χ3n) is 5.40. The molecule has 128 valence electrons. The van der Waals surface area contributed by atoms with Crippen molar-refractivity contribution in [1.29, 1.82) is 0 Å². The van der Waals surface area contributed by atoms with Gasteiger partial charge in [-0.15, -0.1) is 0 Å². The topological polar surface area (TPSA) is 36.9 Å². The van der Waals surface area contributed by atoms with Crippen LogP contribution in [0.3, 0.4) is 0 Å². The van der Waals surface area contributed by atoms with E-state index in [9.17, 15) is 0 Å². The number of aliphatic imine (C=N–C) groups is 1. The molecular weight excluding hydrogens is 294 g/mol. The summed E-state index contributed by atoms with van der Waals surface area (Å²) in [6, 6.07) is 0. The Hall–Kier alpha value is -0.420. The monoisotopic (exact) mass is 327 g/mol. The molecule has 2 saturated heterocycles. The summed E-state index contributed by atoms with van der Waals surface area (Å²) in [5, 5.41) is 3.50. The van der Waals surface area contributed by atoms with E-state index in [2.05, 4.69) is 37.2 Å². The van der Waals surface area contributed by atoms with E-state index in [0.717, 1.165) is 58.2 Å². The van der Waals surface area contributed by atoms with Crippen molar-refractivity contribution in [2.45, 2.75) is 51.2 Å². The summed E-state index contributed by atoms with van der Waals surface area (Å²) in [5.41, 5.74) is 0.450. The molecule has 0 amide bonds. The highest BCUT2D eigenvalue weighted by atomic mass is 32.2. The Morgan fingerprint density at radius 1 is 1.27 bits per heavy atom. The van der Waals surface area contributed by atoms with Crippen LogP contribution in [0.1, 0.15) is 46.5 Å². The van der Waals surface area contributed by atoms with Crippen molar-refractivity contribution in [2.24, 2.45) is 10.4 Å². The first kappa shape index (κ1) is 17.9. The number of nitrogens with one attached hydrogen (secondary N) is 1. The number of likely N-dealkylation sites (tertiary alicyclic amines) is 1. The molecule has 0 saturated carbocycles. The highest BCUT2D eigenvalue weighted by Crippen LogP contribution is 2.35. The van der Waals surface area contributed by atoms with Crippen LogP contribution >= 0.6 is 11.8 Å². The first-order chi connectivity index (χ1) is 10.6. The highest BCUT2D eigenvalue weighted by molar-refractivity contribution is 8.00. The van der Waals surface area contributed by atoms with Gasteiger partial charge in [-0.25, -0.2) is 0 Å². The van der Waals surface area contributed by atoms with Crippen LogP contribution in [0.15, 0.2) is 4.99 Å². The van der Waals surface area contributed by atoms with Gasteiger partial charge < -0.3 is 15.0 Å². The molecular formula is C17H33N3OS. The third-order valence-corrected chi connectivity index (χ3v) is 6.80. The number of hydrogen-bond donors (Lipinski definition) is 1. The zero-order valence-corrected chi connectivity index (χ0v) is 15.6. The molecule has 2 fully saturated rings. The number of guanidine groups is 1. The molecule has 5 heteroatoms. The van der Waals surface area contributed by atoms with Gasteiger partial charge in [-0.05, 0) is 44.3 Å². The molecule has 2 aliphatic heterocycles. The second-order valence-corrected chi connectivity index (χ2v) is 8.28. The standard InChI is InChI=1S/C17H33N3OS/c1-5-16(3)7-10-20(14-16)15(18-6-2)19-13-17(22-4)8-11-21-12-9-17/h5-14H2,1-4H3,(H,18,19). The minimum absolute atomic E-state index is 0.271. The summed E-state index contributed by atoms with van der Waals surface area (Å²) in [5.74, 6) is 1.11. The van der Waals surface area contributed by atoms with E-state index < -0.39 is 0 Å². The van der Waals surface area contributed by atoms with Crippen LogP contribution in [0.4, 0.5) is 0 Å². The zero-order chi connectivity index (χ0) is 16.1. The van der Waals surface area contributed by atoms with Crippen LogP contribution in [0.5, 0.6) is 0 Å². The lowest BCUT2D eigenvalue weighted by Crippen LogP contribution is -2.43. The molecule has 0 aromatic heterocycles. The van der Waals surface area contributed by atoms with Crippen LogP contribution in [0.25, 0.3) is 0 Å². The average molecular weight is 328 g/mol. The number of rotatable bonds is 5. The maximum atomic E-state index is 5.53. The minimum Gasteiger partial charge on any atom is -0.381 e. The fraction of sp³-hybridized carbons (Fsp3) is 0.941. The van der Waals surface area contributed by atoms with Crippen molar-refractivity contribution in [3.05, 3.63) is 0 Å². The van der Waals surface area contributed by atoms with Crippen LogP contribution < -0.4 is 5.32 Å². The van der Waals surface area contributed by atoms with Crippen LogP contribution in [0, 0.1) is 5.41 Å². The van der Waals surface area contributed by atoms with Crippen molar-refractivity contribution in [1.82, 2.24) is 10.2 Å². The molecule has 4 nitrogen and oxygen atoms in total. The highest BCUT2D eigenvalue weighted by Gasteiger charge is 2.35. The molecule has 2 aliphatic rings. The van der Waals surface area contributed by atoms with Crippen molar-refractivity contribution < 1.29 is 4.74 Å². The van der Waals surface area contributed by atoms with Gasteiger partial charge in [0.15, 0.2) is 5.96 Å². The van der Waals surface area contributed by atoms with Gasteiger partial charge in [0, 0.05) is 37.6 Å². The Kier molecular flexibility index (Phi) is 6.45. The van der Waals surface area contributed by atoms with E-state index >= 15 is 0 Å². The van der Waals surface area contributed by atoms with E-state index in [-0.39, 0.29) is 4.75 Å². The molecule has 0 spiro atoms. The normalized spacial score (nSPS) is 28.9. The number of ether oxygens (including phenoxy) is 1. The summed E-state index contributed by atoms with van der Waals surface area (Å²) in [6.07, 6.45) is 6.97. The third kappa shape index (κ3) is 4.31. The van der Waals surface area contributed by atoms with Crippen LogP contribution in [0.2, 0.25) is 0 Å². The second-order valence-electron chi connectivity index (χ2n) is 7.01. The predicted octanol–water partition coefficient (Wildman–Crippen LogP) is 2.99. The van der Waals surface area contributed by atoms with E-state index in [4.69, 9.17) is 9.73 Å². The van der Waals surface area contributed by atoms with Gasteiger partial charge in [-0.2, -0.15) is 11.8 Å². The predicted molar refractivity (Wildman–Crippen MR) is 96.9 cm³/mol. The molecule has 2 rings (SSSR count). The fourth-order valence-electron chi connectivity index (χ4n) is 3.31. The quantitative estimate of drug-likeness (QED) is 0.622. The molecule has 0 aromatic carbocycles. The van der Waals surface area contributed by atoms with Crippen LogP contribution in [-0.4, -0.2) is 61.3 Å². The molecule has 1 atom stereocenters. The summed E-state index contributed by atoms with van der Waals surface area (Å²) in [7, 11) is 0. The van der Waals surface area contributed by atoms with Gasteiger partial charge >= 0.3 is 0 Å². The first-order valence-corrected chi connectivity index (χ1v) is 9.95. The van der Waals surface area contributed by atoms with Gasteiger partial charge in [0.2, 0.25) is 0 Å². The molecule has 22 heavy (non-hydrogen) atoms. The van der Waals surface area contributed by atoms with Crippen molar-refractivity contribution in [3.63, 3.8) is 0 Å². The zero-order valence-electron chi connectivity index (χ0n) is 14.8. The van der Waals surface area contributed by atoms with E-state index in [1.807, 2.05) is 11.8 Å². The first-order valence-electron chi connectivity index (χ1n) is 8.72. The average Bonchev–Trinajstić information content (AvgIpc) is 2.95. The number of thioether (sulfide) groups is 1. The van der Waals surface area contributed by atoms with Crippen molar-refractivity contribution in [2.75, 3.05) is 45.6 Å². The Morgan fingerprint density at radius 2 is 2.00 bits per heavy atom. The van der Waals surface area contributed by atoms with E-state index in [0.29, 0.717) is 5.41 Å². The molecule has 1 unspecified atom stereocenters. The molecule has 0 radical (unpaired) electrons. The maximum Gasteiger partial charge on any atom is 0.193 e. The molecule has 0 aromatic rings. The summed E-state index contributed by atoms with van der Waals surface area (Å²) in [6.45, 7) is 12.7. The Labute approximate surface area is 140 Å². The van der Waals surface area contributed by atoms with Crippen LogP contribution in [-0.2, 0) is 4.74 Å². The minimum atomic E-state index is 0.271. The van der Waals surface area contributed by atoms with Crippen molar-refractivity contribution in [3.8, 4) is 0 Å². The van der Waals surface area contributed by atoms with Gasteiger partial charge in [0.1, 0.15) is 0 Å². The fourth-order valence-corrected chi connectivity index (χ4v) is 4.08.